The molecule has 3 rings (SSSR count). The Morgan fingerprint density at radius 2 is 1.74 bits per heavy atom. The molecule has 2 amide bonds. The summed E-state index contributed by atoms with van der Waals surface area (Å²) in [4.78, 5) is 23.8. The largest absolute Gasteiger partial charge is 0.327 e. The summed E-state index contributed by atoms with van der Waals surface area (Å²) in [5.41, 5.74) is 2.75. The second-order valence-electron chi connectivity index (χ2n) is 5.29. The minimum atomic E-state index is -0.440. The highest BCUT2D eigenvalue weighted by Crippen LogP contribution is 2.33. The van der Waals surface area contributed by atoms with Crippen molar-refractivity contribution in [2.75, 3.05) is 7.05 Å². The number of benzene rings is 2. The minimum Gasteiger partial charge on any atom is -0.327 e. The number of urea groups is 1. The van der Waals surface area contributed by atoms with Gasteiger partial charge in [-0.2, -0.15) is 0 Å². The number of nitro benzene ring substituents is 1. The molecule has 0 bridgehead atoms. The number of rotatable bonds is 3. The summed E-state index contributed by atoms with van der Waals surface area (Å²) in [6, 6.07) is 15.4. The molecule has 0 aromatic heterocycles. The standard InChI is InChI=1S/C17H15N3O3/c1-19-11-15(12-5-3-2-4-6-12)16(18-17(19)21)13-7-9-14(10-8-13)20(22)23/h2-11,16H,1H3,(H,18,21). The molecule has 1 unspecified atom stereocenters. The minimum absolute atomic E-state index is 0.0262. The second kappa shape index (κ2) is 5.92. The topological polar surface area (TPSA) is 75.5 Å². The molecule has 2 aromatic carbocycles. The Labute approximate surface area is 133 Å². The van der Waals surface area contributed by atoms with E-state index in [0.29, 0.717) is 0 Å². The van der Waals surface area contributed by atoms with Crippen molar-refractivity contribution in [2.24, 2.45) is 0 Å². The van der Waals surface area contributed by atoms with E-state index in [0.717, 1.165) is 16.7 Å². The van der Waals surface area contributed by atoms with Crippen LogP contribution in [0.25, 0.3) is 5.57 Å². The Kier molecular flexibility index (Phi) is 3.80. The first-order valence-electron chi connectivity index (χ1n) is 7.11. The quantitative estimate of drug-likeness (QED) is 0.698. The maximum absolute atomic E-state index is 12.0. The van der Waals surface area contributed by atoms with Crippen LogP contribution in [0.2, 0.25) is 0 Å². The van der Waals surface area contributed by atoms with Crippen molar-refractivity contribution in [3.05, 3.63) is 82.0 Å². The molecule has 0 spiro atoms. The Morgan fingerprint density at radius 3 is 2.35 bits per heavy atom. The summed E-state index contributed by atoms with van der Waals surface area (Å²) in [5.74, 6) is 0. The van der Waals surface area contributed by atoms with Crippen molar-refractivity contribution < 1.29 is 9.72 Å². The maximum atomic E-state index is 12.0. The van der Waals surface area contributed by atoms with E-state index >= 15 is 0 Å². The van der Waals surface area contributed by atoms with E-state index < -0.39 is 4.92 Å². The molecule has 0 radical (unpaired) electrons. The van der Waals surface area contributed by atoms with Crippen LogP contribution in [-0.4, -0.2) is 22.9 Å². The third kappa shape index (κ3) is 2.91. The molecule has 1 atom stereocenters. The van der Waals surface area contributed by atoms with Crippen molar-refractivity contribution in [3.63, 3.8) is 0 Å². The van der Waals surface area contributed by atoms with E-state index in [-0.39, 0.29) is 17.8 Å². The molecule has 6 heteroatoms. The van der Waals surface area contributed by atoms with Crippen molar-refractivity contribution in [2.45, 2.75) is 6.04 Å². The van der Waals surface area contributed by atoms with E-state index in [1.165, 1.54) is 17.0 Å². The number of hydrogen-bond acceptors (Lipinski definition) is 3. The fourth-order valence-corrected chi connectivity index (χ4v) is 2.57. The molecular weight excluding hydrogens is 294 g/mol. The van der Waals surface area contributed by atoms with E-state index in [4.69, 9.17) is 0 Å². The lowest BCUT2D eigenvalue weighted by molar-refractivity contribution is -0.384. The second-order valence-corrected chi connectivity index (χ2v) is 5.29. The first kappa shape index (κ1) is 14.8. The van der Waals surface area contributed by atoms with Crippen LogP contribution in [0.5, 0.6) is 0 Å². The summed E-state index contributed by atoms with van der Waals surface area (Å²) in [7, 11) is 1.68. The SMILES string of the molecule is CN1C=C(c2ccccc2)C(c2ccc([N+](=O)[O-])cc2)NC1=O. The Hall–Kier alpha value is -3.15. The maximum Gasteiger partial charge on any atom is 0.321 e. The number of amides is 2. The Balaban J connectivity index is 2.02. The van der Waals surface area contributed by atoms with E-state index in [1.54, 1.807) is 25.4 Å². The van der Waals surface area contributed by atoms with Crippen molar-refractivity contribution in [3.8, 4) is 0 Å². The normalized spacial score (nSPS) is 17.4. The predicted octanol–water partition coefficient (Wildman–Crippen LogP) is 3.33. The number of carbonyl (C=O) groups excluding carboxylic acids is 1. The lowest BCUT2D eigenvalue weighted by Crippen LogP contribution is -2.41. The van der Waals surface area contributed by atoms with Crippen LogP contribution in [0.4, 0.5) is 10.5 Å². The number of nitrogens with zero attached hydrogens (tertiary/aromatic N) is 2. The highest BCUT2D eigenvalue weighted by Gasteiger charge is 2.27. The number of nitrogens with one attached hydrogen (secondary N) is 1. The third-order valence-corrected chi connectivity index (χ3v) is 3.78. The van der Waals surface area contributed by atoms with Gasteiger partial charge < -0.3 is 10.2 Å². The Bertz CT molecular complexity index is 769. The van der Waals surface area contributed by atoms with Gasteiger partial charge in [0.1, 0.15) is 0 Å². The molecule has 0 aliphatic carbocycles. The van der Waals surface area contributed by atoms with Crippen molar-refractivity contribution in [1.82, 2.24) is 10.2 Å². The lowest BCUT2D eigenvalue weighted by atomic mass is 9.92. The van der Waals surface area contributed by atoms with Crippen molar-refractivity contribution >= 4 is 17.3 Å². The molecule has 1 aliphatic heterocycles. The number of nitro groups is 1. The summed E-state index contributed by atoms with van der Waals surface area (Å²) < 4.78 is 0. The molecule has 0 saturated heterocycles. The lowest BCUT2D eigenvalue weighted by Gasteiger charge is -2.30. The smallest absolute Gasteiger partial charge is 0.321 e. The molecule has 116 valence electrons. The molecule has 1 heterocycles. The van der Waals surface area contributed by atoms with Crippen LogP contribution in [0.15, 0.2) is 60.8 Å². The highest BCUT2D eigenvalue weighted by molar-refractivity contribution is 5.86. The van der Waals surface area contributed by atoms with Crippen LogP contribution in [0, 0.1) is 10.1 Å². The van der Waals surface area contributed by atoms with Crippen LogP contribution in [-0.2, 0) is 0 Å². The van der Waals surface area contributed by atoms with Gasteiger partial charge in [-0.1, -0.05) is 30.3 Å². The predicted molar refractivity (Wildman–Crippen MR) is 86.6 cm³/mol. The van der Waals surface area contributed by atoms with Crippen LogP contribution in [0.1, 0.15) is 17.2 Å². The summed E-state index contributed by atoms with van der Waals surface area (Å²) >= 11 is 0. The average Bonchev–Trinajstić information content (AvgIpc) is 2.58. The van der Waals surface area contributed by atoms with Gasteiger partial charge in [-0.25, -0.2) is 4.79 Å². The zero-order valence-electron chi connectivity index (χ0n) is 12.5. The molecule has 0 saturated carbocycles. The zero-order chi connectivity index (χ0) is 16.4. The molecule has 6 nitrogen and oxygen atoms in total. The van der Waals surface area contributed by atoms with Crippen LogP contribution >= 0.6 is 0 Å². The van der Waals surface area contributed by atoms with Crippen LogP contribution < -0.4 is 5.32 Å². The molecular formula is C17H15N3O3. The van der Waals surface area contributed by atoms with Gasteiger partial charge in [0.2, 0.25) is 0 Å². The van der Waals surface area contributed by atoms with Gasteiger partial charge in [-0.05, 0) is 23.3 Å². The fourth-order valence-electron chi connectivity index (χ4n) is 2.57. The fraction of sp³-hybridized carbons (Fsp3) is 0.118. The highest BCUT2D eigenvalue weighted by atomic mass is 16.6. The zero-order valence-corrected chi connectivity index (χ0v) is 12.5. The van der Waals surface area contributed by atoms with Gasteiger partial charge in [-0.3, -0.25) is 10.1 Å². The summed E-state index contributed by atoms with van der Waals surface area (Å²) in [5, 5.41) is 13.7. The molecule has 1 N–H and O–H groups in total. The van der Waals surface area contributed by atoms with Crippen LogP contribution in [0.3, 0.4) is 0 Å². The van der Waals surface area contributed by atoms with E-state index in [2.05, 4.69) is 5.32 Å². The Morgan fingerprint density at radius 1 is 1.09 bits per heavy atom. The van der Waals surface area contributed by atoms with Gasteiger partial charge in [0.15, 0.2) is 0 Å². The first-order chi connectivity index (χ1) is 11.1. The molecule has 23 heavy (non-hydrogen) atoms. The van der Waals surface area contributed by atoms with Gasteiger partial charge in [0.05, 0.1) is 11.0 Å². The number of hydrogen-bond donors (Lipinski definition) is 1. The van der Waals surface area contributed by atoms with Crippen molar-refractivity contribution in [1.29, 1.82) is 0 Å². The van der Waals surface area contributed by atoms with Gasteiger partial charge in [0.25, 0.3) is 5.69 Å². The molecule has 0 fully saturated rings. The molecule has 2 aromatic rings. The van der Waals surface area contributed by atoms with E-state index in [9.17, 15) is 14.9 Å². The number of carbonyl (C=O) groups is 1. The van der Waals surface area contributed by atoms with Gasteiger partial charge in [-0.15, -0.1) is 0 Å². The molecule has 1 aliphatic rings. The monoisotopic (exact) mass is 309 g/mol. The average molecular weight is 309 g/mol. The van der Waals surface area contributed by atoms with Gasteiger partial charge >= 0.3 is 6.03 Å². The summed E-state index contributed by atoms with van der Waals surface area (Å²) in [6.07, 6.45) is 1.79. The number of non-ortho nitro benzene ring substituents is 1. The van der Waals surface area contributed by atoms with Gasteiger partial charge in [0, 0.05) is 31.0 Å². The third-order valence-electron chi connectivity index (χ3n) is 3.78. The van der Waals surface area contributed by atoms with E-state index in [1.807, 2.05) is 30.3 Å². The summed E-state index contributed by atoms with van der Waals surface area (Å²) in [6.45, 7) is 0. The first-order valence-corrected chi connectivity index (χ1v) is 7.11.